The average molecular weight is 336 g/mol. The van der Waals surface area contributed by atoms with Gasteiger partial charge in [0.2, 0.25) is 5.91 Å². The molecule has 3 heteroatoms. The van der Waals surface area contributed by atoms with Crippen LogP contribution < -0.4 is 10.6 Å². The van der Waals surface area contributed by atoms with E-state index >= 15 is 0 Å². The number of nitrogens with zero attached hydrogens (tertiary/aromatic N) is 1. The van der Waals surface area contributed by atoms with E-state index in [0.29, 0.717) is 5.91 Å². The van der Waals surface area contributed by atoms with Crippen molar-refractivity contribution in [2.24, 2.45) is 23.2 Å². The first-order chi connectivity index (χ1) is 12.2. The van der Waals surface area contributed by atoms with Crippen LogP contribution in [0.2, 0.25) is 0 Å². The van der Waals surface area contributed by atoms with Gasteiger partial charge in [-0.15, -0.1) is 0 Å². The molecule has 0 spiro atoms. The Balaban J connectivity index is 1.33. The van der Waals surface area contributed by atoms with Gasteiger partial charge >= 0.3 is 0 Å². The van der Waals surface area contributed by atoms with E-state index in [1.807, 2.05) is 0 Å². The molecule has 0 radical (unpaired) electrons. The molecule has 4 bridgehead atoms. The number of carbonyl (C=O) groups is 1. The van der Waals surface area contributed by atoms with Crippen LogP contribution in [-0.2, 0) is 17.8 Å². The largest absolute Gasteiger partial charge is 0.358 e. The first kappa shape index (κ1) is 14.6. The summed E-state index contributed by atoms with van der Waals surface area (Å²) < 4.78 is 0. The van der Waals surface area contributed by atoms with Gasteiger partial charge in [-0.2, -0.15) is 0 Å². The van der Waals surface area contributed by atoms with Gasteiger partial charge in [0.25, 0.3) is 0 Å². The second-order valence-electron chi connectivity index (χ2n) is 9.57. The molecule has 5 aliphatic carbocycles. The van der Waals surface area contributed by atoms with E-state index in [2.05, 4.69) is 22.0 Å². The predicted octanol–water partition coefficient (Wildman–Crippen LogP) is 2.47. The van der Waals surface area contributed by atoms with Crippen LogP contribution in [0.25, 0.3) is 12.2 Å². The second-order valence-corrected chi connectivity index (χ2v) is 9.57. The molecule has 3 nitrogen and oxygen atoms in total. The minimum absolute atomic E-state index is 0.0124. The van der Waals surface area contributed by atoms with Crippen molar-refractivity contribution < 1.29 is 4.79 Å². The molecular formula is C22H28N2O. The molecule has 0 atom stereocenters. The number of fused-ring (bicyclic) bond motifs is 3. The third-order valence-electron chi connectivity index (χ3n) is 7.89. The normalized spacial score (nSPS) is 37.9. The molecule has 4 fully saturated rings. The third kappa shape index (κ3) is 2.07. The van der Waals surface area contributed by atoms with Crippen LogP contribution in [-0.4, -0.2) is 22.3 Å². The van der Waals surface area contributed by atoms with Gasteiger partial charge in [0.1, 0.15) is 0 Å². The van der Waals surface area contributed by atoms with E-state index < -0.39 is 0 Å². The SMILES string of the molecule is O=C(N1CCc2[nH]c3c(c2C1)=CCCC=3)C12CC3CC(CC(C3)C1)C2. The summed E-state index contributed by atoms with van der Waals surface area (Å²) in [5.41, 5.74) is 2.81. The van der Waals surface area contributed by atoms with E-state index in [4.69, 9.17) is 0 Å². The summed E-state index contributed by atoms with van der Waals surface area (Å²) in [4.78, 5) is 19.5. The van der Waals surface area contributed by atoms with E-state index in [1.165, 1.54) is 60.4 Å². The van der Waals surface area contributed by atoms with Crippen LogP contribution in [0.5, 0.6) is 0 Å². The second kappa shape index (κ2) is 5.02. The minimum Gasteiger partial charge on any atom is -0.358 e. The maximum atomic E-state index is 13.6. The van der Waals surface area contributed by atoms with Gasteiger partial charge in [-0.25, -0.2) is 0 Å². The maximum Gasteiger partial charge on any atom is 0.229 e. The molecule has 1 aliphatic heterocycles. The lowest BCUT2D eigenvalue weighted by Crippen LogP contribution is -2.55. The van der Waals surface area contributed by atoms with Crippen LogP contribution in [0.15, 0.2) is 0 Å². The Morgan fingerprint density at radius 3 is 2.44 bits per heavy atom. The topological polar surface area (TPSA) is 36.1 Å². The number of carbonyl (C=O) groups excluding carboxylic acids is 1. The Bertz CT molecular complexity index is 826. The molecule has 2 heterocycles. The molecule has 1 amide bonds. The third-order valence-corrected chi connectivity index (χ3v) is 7.89. The lowest BCUT2D eigenvalue weighted by Gasteiger charge is -2.56. The van der Waals surface area contributed by atoms with Crippen molar-refractivity contribution in [3.8, 4) is 0 Å². The van der Waals surface area contributed by atoms with Gasteiger partial charge in [-0.3, -0.25) is 4.79 Å². The van der Waals surface area contributed by atoms with E-state index in [0.717, 1.165) is 50.1 Å². The standard InChI is InChI=1S/C22H28N2O/c25-21(22-10-14-7-15(11-22)9-16(8-14)12-22)24-6-5-20-18(13-24)17-3-1-2-4-19(17)23-20/h3-4,14-16,23H,1-2,5-13H2. The molecule has 7 rings (SSSR count). The van der Waals surface area contributed by atoms with Gasteiger partial charge < -0.3 is 9.88 Å². The fourth-order valence-electron chi connectivity index (χ4n) is 7.27. The van der Waals surface area contributed by atoms with E-state index in [1.54, 1.807) is 0 Å². The van der Waals surface area contributed by atoms with Crippen molar-refractivity contribution in [3.05, 3.63) is 21.8 Å². The molecule has 0 aromatic carbocycles. The number of hydrogen-bond acceptors (Lipinski definition) is 1. The molecule has 1 aromatic rings. The molecule has 4 saturated carbocycles. The van der Waals surface area contributed by atoms with Crippen molar-refractivity contribution in [2.45, 2.75) is 64.3 Å². The first-order valence-corrected chi connectivity index (χ1v) is 10.4. The number of aromatic nitrogens is 1. The quantitative estimate of drug-likeness (QED) is 0.840. The number of aromatic amines is 1. The van der Waals surface area contributed by atoms with Crippen LogP contribution in [0.4, 0.5) is 0 Å². The highest BCUT2D eigenvalue weighted by molar-refractivity contribution is 5.83. The smallest absolute Gasteiger partial charge is 0.229 e. The van der Waals surface area contributed by atoms with Crippen LogP contribution in [0.1, 0.15) is 62.6 Å². The predicted molar refractivity (Wildman–Crippen MR) is 97.9 cm³/mol. The maximum absolute atomic E-state index is 13.6. The number of rotatable bonds is 1. The van der Waals surface area contributed by atoms with Gasteiger partial charge in [0.15, 0.2) is 0 Å². The van der Waals surface area contributed by atoms with Gasteiger partial charge in [-0.05, 0) is 74.7 Å². The highest BCUT2D eigenvalue weighted by Crippen LogP contribution is 2.60. The van der Waals surface area contributed by atoms with Gasteiger partial charge in [-0.1, -0.05) is 12.2 Å². The molecule has 6 aliphatic rings. The molecule has 1 N–H and O–H groups in total. The monoisotopic (exact) mass is 336 g/mol. The zero-order chi connectivity index (χ0) is 16.6. The minimum atomic E-state index is 0.0124. The van der Waals surface area contributed by atoms with Crippen molar-refractivity contribution in [3.63, 3.8) is 0 Å². The fraction of sp³-hybridized carbons (Fsp3) is 0.682. The van der Waals surface area contributed by atoms with Crippen molar-refractivity contribution in [1.82, 2.24) is 9.88 Å². The molecule has 0 unspecified atom stereocenters. The van der Waals surface area contributed by atoms with Crippen molar-refractivity contribution >= 4 is 18.1 Å². The molecular weight excluding hydrogens is 308 g/mol. The summed E-state index contributed by atoms with van der Waals surface area (Å²) in [5, 5.41) is 2.70. The number of amides is 1. The Kier molecular flexibility index (Phi) is 2.94. The van der Waals surface area contributed by atoms with E-state index in [9.17, 15) is 4.79 Å². The summed E-state index contributed by atoms with van der Waals surface area (Å²) in [6.45, 7) is 1.75. The van der Waals surface area contributed by atoms with Gasteiger partial charge in [0, 0.05) is 35.8 Å². The number of H-pyrrole nitrogens is 1. The highest BCUT2D eigenvalue weighted by atomic mass is 16.2. The summed E-state index contributed by atoms with van der Waals surface area (Å²) in [6.07, 6.45) is 15.8. The Labute approximate surface area is 149 Å². The average Bonchev–Trinajstić information content (AvgIpc) is 2.98. The summed E-state index contributed by atoms with van der Waals surface area (Å²) in [7, 11) is 0. The molecule has 132 valence electrons. The van der Waals surface area contributed by atoms with Crippen molar-refractivity contribution in [2.75, 3.05) is 6.54 Å². The highest BCUT2D eigenvalue weighted by Gasteiger charge is 2.55. The number of nitrogens with one attached hydrogen (secondary N) is 1. The van der Waals surface area contributed by atoms with E-state index in [-0.39, 0.29) is 5.41 Å². The fourth-order valence-corrected chi connectivity index (χ4v) is 7.27. The lowest BCUT2D eigenvalue weighted by molar-refractivity contribution is -0.158. The molecule has 1 aromatic heterocycles. The molecule has 25 heavy (non-hydrogen) atoms. The zero-order valence-corrected chi connectivity index (χ0v) is 15.0. The first-order valence-electron chi connectivity index (χ1n) is 10.4. The van der Waals surface area contributed by atoms with Crippen molar-refractivity contribution in [1.29, 1.82) is 0 Å². The summed E-state index contributed by atoms with van der Waals surface area (Å²) >= 11 is 0. The lowest BCUT2D eigenvalue weighted by atomic mass is 9.49. The van der Waals surface area contributed by atoms with Crippen LogP contribution in [0.3, 0.4) is 0 Å². The molecule has 0 saturated heterocycles. The van der Waals surface area contributed by atoms with Gasteiger partial charge in [0.05, 0.1) is 5.41 Å². The summed E-state index contributed by atoms with van der Waals surface area (Å²) in [6, 6.07) is 0. The van der Waals surface area contributed by atoms with Crippen LogP contribution >= 0.6 is 0 Å². The Morgan fingerprint density at radius 1 is 1.04 bits per heavy atom. The number of hydrogen-bond donors (Lipinski definition) is 1. The Morgan fingerprint density at radius 2 is 1.72 bits per heavy atom. The van der Waals surface area contributed by atoms with Crippen LogP contribution in [0, 0.1) is 23.2 Å². The Hall–Kier alpha value is -1.51. The zero-order valence-electron chi connectivity index (χ0n) is 15.0. The summed E-state index contributed by atoms with van der Waals surface area (Å²) in [5.74, 6) is 3.04.